The Bertz CT molecular complexity index is 1110. The van der Waals surface area contributed by atoms with Crippen molar-refractivity contribution in [2.45, 2.75) is 52.4 Å². The molecule has 0 aliphatic rings. The molecule has 174 valence electrons. The molecule has 8 nitrogen and oxygen atoms in total. The van der Waals surface area contributed by atoms with Crippen LogP contribution in [0.2, 0.25) is 0 Å². The van der Waals surface area contributed by atoms with Crippen LogP contribution in [0.15, 0.2) is 47.8 Å². The average molecular weight is 467 g/mol. The maximum Gasteiger partial charge on any atom is 0.251 e. The number of rotatable bonds is 9. The molecule has 2 heterocycles. The molecule has 9 heteroatoms. The molecule has 2 N–H and O–H groups in total. The zero-order valence-electron chi connectivity index (χ0n) is 19.6. The minimum Gasteiger partial charge on any atom is -0.342 e. The van der Waals surface area contributed by atoms with Crippen molar-refractivity contribution >= 4 is 29.4 Å². The van der Waals surface area contributed by atoms with E-state index in [1.807, 2.05) is 75.6 Å². The summed E-state index contributed by atoms with van der Waals surface area (Å²) in [6.07, 6.45) is 1.65. The van der Waals surface area contributed by atoms with Gasteiger partial charge in [0.1, 0.15) is 5.82 Å². The van der Waals surface area contributed by atoms with Crippen molar-refractivity contribution in [1.29, 1.82) is 0 Å². The fraction of sp³-hybridized carbons (Fsp3) is 0.375. The van der Waals surface area contributed by atoms with Crippen molar-refractivity contribution in [3.05, 3.63) is 65.1 Å². The van der Waals surface area contributed by atoms with E-state index in [1.54, 1.807) is 6.20 Å². The highest BCUT2D eigenvalue weighted by atomic mass is 32.2. The number of nitrogens with one attached hydrogen (secondary N) is 2. The van der Waals surface area contributed by atoms with E-state index >= 15 is 0 Å². The lowest BCUT2D eigenvalue weighted by molar-refractivity contribution is -0.113. The van der Waals surface area contributed by atoms with Gasteiger partial charge in [-0.05, 0) is 50.5 Å². The first kappa shape index (κ1) is 24.4. The number of amides is 2. The standard InChI is InChI=1S/C24H30N6O2S/c1-6-30-22(20(15(2)3)27-23(32)18-11-9-16(4)10-12-18)28-29-24(30)33-14-19(31)26-21-17(5)8-7-13-25-21/h7-13,15,20H,6,14H2,1-5H3,(H,27,32)(H,25,26,31)/t20-/m0/s1. The molecular formula is C24H30N6O2S. The Kier molecular flexibility index (Phi) is 8.21. The smallest absolute Gasteiger partial charge is 0.251 e. The van der Waals surface area contributed by atoms with Crippen LogP contribution in [0.4, 0.5) is 5.82 Å². The van der Waals surface area contributed by atoms with E-state index in [-0.39, 0.29) is 29.5 Å². The Morgan fingerprint density at radius 2 is 1.82 bits per heavy atom. The zero-order chi connectivity index (χ0) is 24.0. The second-order valence-corrected chi connectivity index (χ2v) is 9.09. The third kappa shape index (κ3) is 6.19. The quantitative estimate of drug-likeness (QED) is 0.459. The van der Waals surface area contributed by atoms with Crippen molar-refractivity contribution in [1.82, 2.24) is 25.1 Å². The number of hydrogen-bond donors (Lipinski definition) is 2. The van der Waals surface area contributed by atoms with Gasteiger partial charge in [-0.25, -0.2) is 4.98 Å². The summed E-state index contributed by atoms with van der Waals surface area (Å²) in [5, 5.41) is 15.3. The highest BCUT2D eigenvalue weighted by Crippen LogP contribution is 2.26. The van der Waals surface area contributed by atoms with Gasteiger partial charge in [-0.15, -0.1) is 10.2 Å². The molecule has 0 aliphatic carbocycles. The van der Waals surface area contributed by atoms with Crippen LogP contribution in [0.3, 0.4) is 0 Å². The Labute approximate surface area is 198 Å². The van der Waals surface area contributed by atoms with Crippen molar-refractivity contribution in [3.63, 3.8) is 0 Å². The highest BCUT2D eigenvalue weighted by Gasteiger charge is 2.26. The predicted octanol–water partition coefficient (Wildman–Crippen LogP) is 4.17. The second kappa shape index (κ2) is 11.1. The van der Waals surface area contributed by atoms with Crippen LogP contribution < -0.4 is 10.6 Å². The largest absolute Gasteiger partial charge is 0.342 e. The number of nitrogens with zero attached hydrogens (tertiary/aromatic N) is 4. The number of aromatic nitrogens is 4. The Hall–Kier alpha value is -3.20. The Balaban J connectivity index is 1.71. The average Bonchev–Trinajstić information content (AvgIpc) is 3.20. The summed E-state index contributed by atoms with van der Waals surface area (Å²) >= 11 is 1.31. The van der Waals surface area contributed by atoms with Crippen LogP contribution in [0.1, 0.15) is 54.1 Å². The van der Waals surface area contributed by atoms with Gasteiger partial charge >= 0.3 is 0 Å². The molecule has 0 bridgehead atoms. The normalized spacial score (nSPS) is 11.9. The molecule has 0 saturated heterocycles. The van der Waals surface area contributed by atoms with E-state index in [9.17, 15) is 9.59 Å². The van der Waals surface area contributed by atoms with Gasteiger partial charge in [0, 0.05) is 18.3 Å². The van der Waals surface area contributed by atoms with Crippen molar-refractivity contribution in [2.75, 3.05) is 11.1 Å². The van der Waals surface area contributed by atoms with Crippen molar-refractivity contribution in [3.8, 4) is 0 Å². The van der Waals surface area contributed by atoms with E-state index in [0.29, 0.717) is 28.9 Å². The highest BCUT2D eigenvalue weighted by molar-refractivity contribution is 7.99. The van der Waals surface area contributed by atoms with Crippen LogP contribution >= 0.6 is 11.8 Å². The number of anilines is 1. The summed E-state index contributed by atoms with van der Waals surface area (Å²) in [5.41, 5.74) is 2.60. The Morgan fingerprint density at radius 3 is 2.45 bits per heavy atom. The number of thioether (sulfide) groups is 1. The van der Waals surface area contributed by atoms with E-state index in [1.165, 1.54) is 11.8 Å². The molecule has 3 aromatic rings. The third-order valence-corrected chi connectivity index (χ3v) is 6.17. The third-order valence-electron chi connectivity index (χ3n) is 5.21. The van der Waals surface area contributed by atoms with E-state index < -0.39 is 0 Å². The van der Waals surface area contributed by atoms with E-state index in [2.05, 4.69) is 25.8 Å². The minimum absolute atomic E-state index is 0.0992. The lowest BCUT2D eigenvalue weighted by Crippen LogP contribution is -2.33. The number of carbonyl (C=O) groups excluding carboxylic acids is 2. The fourth-order valence-electron chi connectivity index (χ4n) is 3.31. The van der Waals surface area contributed by atoms with Gasteiger partial charge in [0.2, 0.25) is 5.91 Å². The van der Waals surface area contributed by atoms with Crippen LogP contribution in [0.5, 0.6) is 0 Å². The molecule has 1 aromatic carbocycles. The number of hydrogen-bond acceptors (Lipinski definition) is 6. The molecule has 0 fully saturated rings. The molecule has 2 aromatic heterocycles. The molecule has 0 saturated carbocycles. The molecule has 3 rings (SSSR count). The summed E-state index contributed by atoms with van der Waals surface area (Å²) in [5.74, 6) is 1.19. The first-order valence-electron chi connectivity index (χ1n) is 10.9. The van der Waals surface area contributed by atoms with E-state index in [0.717, 1.165) is 11.1 Å². The minimum atomic E-state index is -0.314. The van der Waals surface area contributed by atoms with Gasteiger partial charge in [-0.1, -0.05) is 49.4 Å². The summed E-state index contributed by atoms with van der Waals surface area (Å²) in [6, 6.07) is 10.9. The monoisotopic (exact) mass is 466 g/mol. The summed E-state index contributed by atoms with van der Waals surface area (Å²) < 4.78 is 1.95. The number of benzene rings is 1. The molecule has 2 amide bonds. The molecule has 33 heavy (non-hydrogen) atoms. The number of pyridine rings is 1. The topological polar surface area (TPSA) is 102 Å². The van der Waals surface area contributed by atoms with Crippen LogP contribution in [-0.4, -0.2) is 37.3 Å². The Morgan fingerprint density at radius 1 is 1.09 bits per heavy atom. The van der Waals surface area contributed by atoms with Gasteiger partial charge < -0.3 is 15.2 Å². The second-order valence-electron chi connectivity index (χ2n) is 8.15. The molecule has 0 radical (unpaired) electrons. The van der Waals surface area contributed by atoms with Crippen molar-refractivity contribution in [2.24, 2.45) is 5.92 Å². The zero-order valence-corrected chi connectivity index (χ0v) is 20.4. The van der Waals surface area contributed by atoms with Crippen LogP contribution in [0.25, 0.3) is 0 Å². The summed E-state index contributed by atoms with van der Waals surface area (Å²) in [7, 11) is 0. The molecule has 0 spiro atoms. The molecule has 0 unspecified atom stereocenters. The fourth-order valence-corrected chi connectivity index (χ4v) is 4.12. The van der Waals surface area contributed by atoms with Gasteiger partial charge in [0.05, 0.1) is 11.8 Å². The number of carbonyl (C=O) groups is 2. The lowest BCUT2D eigenvalue weighted by Gasteiger charge is -2.22. The first-order chi connectivity index (χ1) is 15.8. The maximum atomic E-state index is 12.8. The van der Waals surface area contributed by atoms with Crippen LogP contribution in [0, 0.1) is 19.8 Å². The molecular weight excluding hydrogens is 436 g/mol. The van der Waals surface area contributed by atoms with Gasteiger partial charge in [0.25, 0.3) is 5.91 Å². The van der Waals surface area contributed by atoms with Crippen LogP contribution in [-0.2, 0) is 11.3 Å². The SMILES string of the molecule is CCn1c(SCC(=O)Nc2ncccc2C)nnc1[C@@H](NC(=O)c1ccc(C)cc1)C(C)C. The maximum absolute atomic E-state index is 12.8. The predicted molar refractivity (Wildman–Crippen MR) is 130 cm³/mol. The summed E-state index contributed by atoms with van der Waals surface area (Å²) in [6.45, 7) is 10.6. The molecule has 0 aliphatic heterocycles. The van der Waals surface area contributed by atoms with Gasteiger partial charge in [0.15, 0.2) is 11.0 Å². The number of aryl methyl sites for hydroxylation is 2. The molecule has 1 atom stereocenters. The summed E-state index contributed by atoms with van der Waals surface area (Å²) in [4.78, 5) is 29.5. The first-order valence-corrected chi connectivity index (χ1v) is 11.9. The van der Waals surface area contributed by atoms with Gasteiger partial charge in [-0.2, -0.15) is 0 Å². The lowest BCUT2D eigenvalue weighted by atomic mass is 10.0. The van der Waals surface area contributed by atoms with E-state index in [4.69, 9.17) is 0 Å². The van der Waals surface area contributed by atoms with Crippen molar-refractivity contribution < 1.29 is 9.59 Å². The van der Waals surface area contributed by atoms with Gasteiger partial charge in [-0.3, -0.25) is 9.59 Å².